The molecule has 0 radical (unpaired) electrons. The normalized spacial score (nSPS) is 37.9. The van der Waals surface area contributed by atoms with Gasteiger partial charge in [0.15, 0.2) is 6.29 Å². The Hall–Kier alpha value is -0.190. The van der Waals surface area contributed by atoms with Gasteiger partial charge in [0.2, 0.25) is 0 Å². The lowest BCUT2D eigenvalue weighted by Gasteiger charge is -2.10. The van der Waals surface area contributed by atoms with Crippen LogP contribution in [-0.2, 0) is 9.47 Å². The zero-order chi connectivity index (χ0) is 8.27. The lowest BCUT2D eigenvalue weighted by molar-refractivity contribution is -0.138. The fourth-order valence-corrected chi connectivity index (χ4v) is 1.12. The highest BCUT2D eigenvalue weighted by molar-refractivity contribution is 4.77. The van der Waals surface area contributed by atoms with Gasteiger partial charge in [-0.15, -0.1) is 0 Å². The van der Waals surface area contributed by atoms with E-state index >= 15 is 0 Å². The van der Waals surface area contributed by atoms with Crippen molar-refractivity contribution in [2.75, 3.05) is 13.2 Å². The molecule has 0 aromatic carbocycles. The van der Waals surface area contributed by atoms with Crippen LogP contribution in [-0.4, -0.2) is 36.9 Å². The van der Waals surface area contributed by atoms with E-state index in [0.717, 1.165) is 0 Å². The van der Waals surface area contributed by atoms with Crippen molar-refractivity contribution < 1.29 is 19.0 Å². The highest BCUT2D eigenvalue weighted by atomic mass is 19.1. The number of hydrogen-bond acceptors (Lipinski definition) is 3. The third kappa shape index (κ3) is 2.12. The molecule has 11 heavy (non-hydrogen) atoms. The second kappa shape index (κ2) is 3.99. The Bertz CT molecular complexity index is 120. The summed E-state index contributed by atoms with van der Waals surface area (Å²) in [7, 11) is 0. The maximum Gasteiger partial charge on any atom is 0.161 e. The van der Waals surface area contributed by atoms with E-state index in [4.69, 9.17) is 14.6 Å². The minimum Gasteiger partial charge on any atom is -0.394 e. The van der Waals surface area contributed by atoms with Gasteiger partial charge >= 0.3 is 0 Å². The summed E-state index contributed by atoms with van der Waals surface area (Å²) in [6, 6.07) is 0. The molecule has 3 nitrogen and oxygen atoms in total. The SMILES string of the molecule is CCOC1C[C@H](F)[C@@H](CO)O1. The molecule has 66 valence electrons. The van der Waals surface area contributed by atoms with Gasteiger partial charge in [0, 0.05) is 13.0 Å². The number of aliphatic hydroxyl groups is 1. The second-order valence-electron chi connectivity index (χ2n) is 2.49. The molecule has 1 saturated heterocycles. The first kappa shape index (κ1) is 8.90. The van der Waals surface area contributed by atoms with Crippen LogP contribution in [0.15, 0.2) is 0 Å². The Kier molecular flexibility index (Phi) is 3.23. The molecular formula is C7H13FO3. The molecular weight excluding hydrogens is 151 g/mol. The van der Waals surface area contributed by atoms with Gasteiger partial charge in [0.05, 0.1) is 6.61 Å². The fourth-order valence-electron chi connectivity index (χ4n) is 1.12. The van der Waals surface area contributed by atoms with Crippen LogP contribution >= 0.6 is 0 Å². The molecule has 0 spiro atoms. The average Bonchev–Trinajstić information content (AvgIpc) is 2.32. The molecule has 1 fully saturated rings. The van der Waals surface area contributed by atoms with E-state index in [1.165, 1.54) is 0 Å². The van der Waals surface area contributed by atoms with Crippen LogP contribution in [0.4, 0.5) is 4.39 Å². The summed E-state index contributed by atoms with van der Waals surface area (Å²) in [4.78, 5) is 0. The molecule has 1 rings (SSSR count). The molecule has 0 aliphatic carbocycles. The molecule has 0 saturated carbocycles. The van der Waals surface area contributed by atoms with Gasteiger partial charge < -0.3 is 14.6 Å². The predicted octanol–water partition coefficient (Wildman–Crippen LogP) is 0.468. The first-order valence-corrected chi connectivity index (χ1v) is 3.80. The molecule has 4 heteroatoms. The molecule has 3 atom stereocenters. The van der Waals surface area contributed by atoms with Crippen molar-refractivity contribution in [3.05, 3.63) is 0 Å². The van der Waals surface area contributed by atoms with Crippen LogP contribution in [0.1, 0.15) is 13.3 Å². The van der Waals surface area contributed by atoms with Crippen LogP contribution in [0.25, 0.3) is 0 Å². The number of ether oxygens (including phenoxy) is 2. The number of alkyl halides is 1. The Morgan fingerprint density at radius 1 is 1.73 bits per heavy atom. The summed E-state index contributed by atoms with van der Waals surface area (Å²) in [5.41, 5.74) is 0. The van der Waals surface area contributed by atoms with Crippen molar-refractivity contribution in [2.24, 2.45) is 0 Å². The Balaban J connectivity index is 2.30. The van der Waals surface area contributed by atoms with Crippen molar-refractivity contribution in [2.45, 2.75) is 31.9 Å². The molecule has 1 heterocycles. The van der Waals surface area contributed by atoms with Gasteiger partial charge in [-0.05, 0) is 6.92 Å². The van der Waals surface area contributed by atoms with E-state index in [1.54, 1.807) is 0 Å². The summed E-state index contributed by atoms with van der Waals surface area (Å²) in [5, 5.41) is 8.60. The zero-order valence-electron chi connectivity index (χ0n) is 6.50. The fraction of sp³-hybridized carbons (Fsp3) is 1.00. The number of hydrogen-bond donors (Lipinski definition) is 1. The monoisotopic (exact) mass is 164 g/mol. The second-order valence-corrected chi connectivity index (χ2v) is 2.49. The van der Waals surface area contributed by atoms with Gasteiger partial charge in [-0.25, -0.2) is 4.39 Å². The lowest BCUT2D eigenvalue weighted by Crippen LogP contribution is -2.21. The van der Waals surface area contributed by atoms with Crippen molar-refractivity contribution in [3.8, 4) is 0 Å². The quantitative estimate of drug-likeness (QED) is 0.659. The van der Waals surface area contributed by atoms with Crippen molar-refractivity contribution in [1.29, 1.82) is 0 Å². The zero-order valence-corrected chi connectivity index (χ0v) is 6.50. The summed E-state index contributed by atoms with van der Waals surface area (Å²) >= 11 is 0. The number of rotatable bonds is 3. The molecule has 1 N–H and O–H groups in total. The number of halogens is 1. The van der Waals surface area contributed by atoms with Gasteiger partial charge in [0.25, 0.3) is 0 Å². The predicted molar refractivity (Wildman–Crippen MR) is 36.9 cm³/mol. The summed E-state index contributed by atoms with van der Waals surface area (Å²) in [6.45, 7) is 2.06. The van der Waals surface area contributed by atoms with E-state index in [1.807, 2.05) is 6.92 Å². The van der Waals surface area contributed by atoms with E-state index in [9.17, 15) is 4.39 Å². The lowest BCUT2D eigenvalue weighted by atomic mass is 10.2. The van der Waals surface area contributed by atoms with Crippen LogP contribution in [0.5, 0.6) is 0 Å². The van der Waals surface area contributed by atoms with E-state index in [2.05, 4.69) is 0 Å². The van der Waals surface area contributed by atoms with Crippen molar-refractivity contribution in [3.63, 3.8) is 0 Å². The standard InChI is InChI=1S/C7H13FO3/c1-2-10-7-3-5(8)6(4-9)11-7/h5-7,9H,2-4H2,1H3/t5-,6+,7?/m0/s1. The Morgan fingerprint density at radius 2 is 2.45 bits per heavy atom. The first-order chi connectivity index (χ1) is 5.27. The Labute approximate surface area is 65.1 Å². The largest absolute Gasteiger partial charge is 0.394 e. The summed E-state index contributed by atoms with van der Waals surface area (Å²) in [6.07, 6.45) is -2.01. The van der Waals surface area contributed by atoms with E-state index < -0.39 is 18.6 Å². The maximum atomic E-state index is 12.8. The smallest absolute Gasteiger partial charge is 0.161 e. The highest BCUT2D eigenvalue weighted by Gasteiger charge is 2.35. The molecule has 1 aliphatic heterocycles. The summed E-state index contributed by atoms with van der Waals surface area (Å²) in [5.74, 6) is 0. The molecule has 1 aliphatic rings. The van der Waals surface area contributed by atoms with E-state index in [0.29, 0.717) is 6.61 Å². The third-order valence-electron chi connectivity index (χ3n) is 1.68. The molecule has 0 amide bonds. The molecule has 0 aromatic heterocycles. The molecule has 1 unspecified atom stereocenters. The maximum absolute atomic E-state index is 12.8. The van der Waals surface area contributed by atoms with Crippen LogP contribution in [0.2, 0.25) is 0 Å². The van der Waals surface area contributed by atoms with Gasteiger partial charge in [-0.1, -0.05) is 0 Å². The molecule has 0 bridgehead atoms. The van der Waals surface area contributed by atoms with Crippen LogP contribution < -0.4 is 0 Å². The van der Waals surface area contributed by atoms with Gasteiger partial charge in [-0.2, -0.15) is 0 Å². The highest BCUT2D eigenvalue weighted by Crippen LogP contribution is 2.23. The average molecular weight is 164 g/mol. The topological polar surface area (TPSA) is 38.7 Å². The Morgan fingerprint density at radius 3 is 2.91 bits per heavy atom. The van der Waals surface area contributed by atoms with Gasteiger partial charge in [0.1, 0.15) is 12.3 Å². The van der Waals surface area contributed by atoms with Crippen LogP contribution in [0.3, 0.4) is 0 Å². The minimum absolute atomic E-state index is 0.235. The number of aliphatic hydroxyl groups excluding tert-OH is 1. The van der Waals surface area contributed by atoms with Crippen molar-refractivity contribution >= 4 is 0 Å². The van der Waals surface area contributed by atoms with Crippen LogP contribution in [0, 0.1) is 0 Å². The summed E-state index contributed by atoms with van der Waals surface area (Å²) < 4.78 is 22.8. The third-order valence-corrected chi connectivity index (χ3v) is 1.68. The minimum atomic E-state index is -1.09. The van der Waals surface area contributed by atoms with Crippen molar-refractivity contribution in [1.82, 2.24) is 0 Å². The molecule has 0 aromatic rings. The first-order valence-electron chi connectivity index (χ1n) is 3.80. The van der Waals surface area contributed by atoms with Gasteiger partial charge in [-0.3, -0.25) is 0 Å². The van der Waals surface area contributed by atoms with E-state index in [-0.39, 0.29) is 13.0 Å².